The Hall–Kier alpha value is -4.36. The molecule has 0 atom stereocenters. The molecule has 0 spiro atoms. The number of aromatic nitrogens is 4. The minimum atomic E-state index is -4.20. The molecule has 3 heterocycles. The summed E-state index contributed by atoms with van der Waals surface area (Å²) in [5.41, 5.74) is 1.86. The molecule has 1 aliphatic carbocycles. The van der Waals surface area contributed by atoms with Crippen molar-refractivity contribution in [3.63, 3.8) is 0 Å². The maximum atomic E-state index is 13.9. The van der Waals surface area contributed by atoms with Crippen molar-refractivity contribution in [2.24, 2.45) is 5.92 Å². The van der Waals surface area contributed by atoms with E-state index in [1.165, 1.54) is 21.5 Å². The van der Waals surface area contributed by atoms with Gasteiger partial charge in [0, 0.05) is 36.9 Å². The maximum absolute atomic E-state index is 13.9. The molecule has 1 aliphatic heterocycles. The molecule has 242 valence electrons. The first-order valence-electron chi connectivity index (χ1n) is 15.5. The minimum absolute atomic E-state index is 0.0153. The van der Waals surface area contributed by atoms with Crippen molar-refractivity contribution in [3.8, 4) is 11.1 Å². The number of hydrogen-bond acceptors (Lipinski definition) is 9. The molecule has 2 aliphatic rings. The van der Waals surface area contributed by atoms with Crippen molar-refractivity contribution in [2.75, 3.05) is 24.7 Å². The molecule has 1 N–H and O–H groups in total. The molecule has 0 unspecified atom stereocenters. The van der Waals surface area contributed by atoms with E-state index in [1.807, 2.05) is 13.0 Å². The number of benzene rings is 2. The van der Waals surface area contributed by atoms with Crippen LogP contribution in [0, 0.1) is 12.8 Å². The standard InChI is InChI=1S/C33H38N6O6S/c1-21-18-23(10-13-26(21)29(40)35-24-11-12-24)27-19-34-39-28(27)36-30(46(42,43)25-8-6-5-7-9-25)37-31(39)38(32(41)45-33(2,3)4)20-22-14-16-44-17-15-22/h5-10,13,18-19,22,24H,11-12,14-17,20H2,1-4H3,(H,35,40). The quantitative estimate of drug-likeness (QED) is 0.280. The largest absolute Gasteiger partial charge is 0.443 e. The summed E-state index contributed by atoms with van der Waals surface area (Å²) in [7, 11) is -4.20. The second kappa shape index (κ2) is 12.4. The number of sulfone groups is 1. The molecule has 13 heteroatoms. The predicted molar refractivity (Wildman–Crippen MR) is 170 cm³/mol. The van der Waals surface area contributed by atoms with Crippen molar-refractivity contribution >= 4 is 33.4 Å². The van der Waals surface area contributed by atoms with Gasteiger partial charge in [0.2, 0.25) is 15.8 Å². The molecule has 6 rings (SSSR count). The van der Waals surface area contributed by atoms with Crippen molar-refractivity contribution in [1.29, 1.82) is 0 Å². The van der Waals surface area contributed by atoms with Crippen LogP contribution >= 0.6 is 0 Å². The molecule has 2 aromatic heterocycles. The van der Waals surface area contributed by atoms with Gasteiger partial charge in [-0.15, -0.1) is 0 Å². The summed E-state index contributed by atoms with van der Waals surface area (Å²) in [5.74, 6) is -0.0930. The predicted octanol–water partition coefficient (Wildman–Crippen LogP) is 4.99. The van der Waals surface area contributed by atoms with Gasteiger partial charge in [-0.05, 0) is 88.6 Å². The van der Waals surface area contributed by atoms with Crippen LogP contribution in [-0.2, 0) is 19.3 Å². The van der Waals surface area contributed by atoms with Gasteiger partial charge in [0.1, 0.15) is 5.60 Å². The summed E-state index contributed by atoms with van der Waals surface area (Å²) in [4.78, 5) is 37.0. The number of amides is 2. The van der Waals surface area contributed by atoms with Crippen molar-refractivity contribution in [2.45, 2.75) is 75.1 Å². The van der Waals surface area contributed by atoms with Crippen molar-refractivity contribution in [1.82, 2.24) is 24.9 Å². The van der Waals surface area contributed by atoms with Crippen LogP contribution in [0.4, 0.5) is 10.7 Å². The number of rotatable bonds is 8. The Bertz CT molecular complexity index is 1880. The average Bonchev–Trinajstić information content (AvgIpc) is 3.73. The zero-order valence-corrected chi connectivity index (χ0v) is 27.2. The average molecular weight is 647 g/mol. The van der Waals surface area contributed by atoms with Gasteiger partial charge in [0.15, 0.2) is 5.65 Å². The summed E-state index contributed by atoms with van der Waals surface area (Å²) in [6.45, 7) is 8.47. The van der Waals surface area contributed by atoms with E-state index < -0.39 is 26.7 Å². The molecule has 4 aromatic rings. The highest BCUT2D eigenvalue weighted by molar-refractivity contribution is 7.91. The van der Waals surface area contributed by atoms with Gasteiger partial charge in [-0.2, -0.15) is 19.6 Å². The van der Waals surface area contributed by atoms with Gasteiger partial charge < -0.3 is 14.8 Å². The van der Waals surface area contributed by atoms with Gasteiger partial charge in [0.05, 0.1) is 11.1 Å². The highest BCUT2D eigenvalue weighted by atomic mass is 32.2. The van der Waals surface area contributed by atoms with E-state index in [4.69, 9.17) is 9.47 Å². The highest BCUT2D eigenvalue weighted by Gasteiger charge is 2.33. The first-order chi connectivity index (χ1) is 21.9. The van der Waals surface area contributed by atoms with E-state index in [0.717, 1.165) is 18.4 Å². The van der Waals surface area contributed by atoms with Crippen LogP contribution in [0.1, 0.15) is 62.4 Å². The van der Waals surface area contributed by atoms with Gasteiger partial charge in [0.25, 0.3) is 11.1 Å². The van der Waals surface area contributed by atoms with E-state index in [0.29, 0.717) is 42.7 Å². The zero-order valence-electron chi connectivity index (χ0n) is 26.4. The molecule has 1 saturated carbocycles. The number of hydrogen-bond donors (Lipinski definition) is 1. The molecule has 0 radical (unpaired) electrons. The minimum Gasteiger partial charge on any atom is -0.443 e. The number of carbonyl (C=O) groups excluding carboxylic acids is 2. The van der Waals surface area contributed by atoms with E-state index in [2.05, 4.69) is 20.4 Å². The lowest BCUT2D eigenvalue weighted by Crippen LogP contribution is -2.42. The summed E-state index contributed by atoms with van der Waals surface area (Å²) in [6.07, 6.45) is 4.28. The Kier molecular flexibility index (Phi) is 8.55. The van der Waals surface area contributed by atoms with Crippen LogP contribution in [-0.4, -0.2) is 71.4 Å². The number of nitrogens with one attached hydrogen (secondary N) is 1. The summed E-state index contributed by atoms with van der Waals surface area (Å²) in [6, 6.07) is 13.5. The van der Waals surface area contributed by atoms with Gasteiger partial charge in [-0.1, -0.05) is 30.3 Å². The number of nitrogens with zero attached hydrogens (tertiary/aromatic N) is 5. The summed E-state index contributed by atoms with van der Waals surface area (Å²) in [5, 5.41) is 7.10. The number of anilines is 1. The Labute approximate surface area is 268 Å². The number of aryl methyl sites for hydroxylation is 1. The SMILES string of the molecule is Cc1cc(-c2cnn3c(N(CC4CCOCC4)C(=O)OC(C)(C)C)nc(S(=O)(=O)c4ccccc4)nc23)ccc1C(=O)NC1CC1. The van der Waals surface area contributed by atoms with Gasteiger partial charge in [-0.25, -0.2) is 18.1 Å². The van der Waals surface area contributed by atoms with Crippen molar-refractivity contribution in [3.05, 3.63) is 65.9 Å². The fourth-order valence-corrected chi connectivity index (χ4v) is 6.50. The summed E-state index contributed by atoms with van der Waals surface area (Å²) >= 11 is 0. The molecular formula is C33H38N6O6S. The molecule has 12 nitrogen and oxygen atoms in total. The van der Waals surface area contributed by atoms with Crippen molar-refractivity contribution < 1.29 is 27.5 Å². The second-order valence-electron chi connectivity index (χ2n) is 12.8. The normalized spacial score (nSPS) is 15.9. The highest BCUT2D eigenvalue weighted by Crippen LogP contribution is 2.31. The first kappa shape index (κ1) is 31.6. The third kappa shape index (κ3) is 6.75. The number of fused-ring (bicyclic) bond motifs is 1. The number of carbonyl (C=O) groups is 2. The Balaban J connectivity index is 1.51. The molecule has 2 aromatic carbocycles. The third-order valence-electron chi connectivity index (χ3n) is 7.96. The molecular weight excluding hydrogens is 608 g/mol. The monoisotopic (exact) mass is 646 g/mol. The molecule has 2 fully saturated rings. The topological polar surface area (TPSA) is 145 Å². The lowest BCUT2D eigenvalue weighted by Gasteiger charge is -2.31. The van der Waals surface area contributed by atoms with Crippen LogP contribution in [0.15, 0.2) is 64.8 Å². The smallest absolute Gasteiger partial charge is 0.417 e. The lowest BCUT2D eigenvalue weighted by atomic mass is 10.00. The second-order valence-corrected chi connectivity index (χ2v) is 14.7. The van der Waals surface area contributed by atoms with E-state index in [-0.39, 0.29) is 40.9 Å². The molecule has 0 bridgehead atoms. The fourth-order valence-electron chi connectivity index (χ4n) is 5.37. The molecule has 1 saturated heterocycles. The Morgan fingerprint density at radius 1 is 1.04 bits per heavy atom. The maximum Gasteiger partial charge on any atom is 0.417 e. The lowest BCUT2D eigenvalue weighted by molar-refractivity contribution is 0.0510. The van der Waals surface area contributed by atoms with Crippen LogP contribution in [0.3, 0.4) is 0 Å². The van der Waals surface area contributed by atoms with E-state index >= 15 is 0 Å². The van der Waals surface area contributed by atoms with Gasteiger partial charge in [-0.3, -0.25) is 4.79 Å². The van der Waals surface area contributed by atoms with Crippen LogP contribution < -0.4 is 10.2 Å². The fraction of sp³-hybridized carbons (Fsp3) is 0.424. The van der Waals surface area contributed by atoms with Crippen LogP contribution in [0.25, 0.3) is 16.8 Å². The van der Waals surface area contributed by atoms with E-state index in [1.54, 1.807) is 57.3 Å². The first-order valence-corrected chi connectivity index (χ1v) is 16.9. The molecule has 46 heavy (non-hydrogen) atoms. The van der Waals surface area contributed by atoms with E-state index in [9.17, 15) is 18.0 Å². The van der Waals surface area contributed by atoms with Crippen LogP contribution in [0.2, 0.25) is 0 Å². The number of ether oxygens (including phenoxy) is 2. The summed E-state index contributed by atoms with van der Waals surface area (Å²) < 4.78 is 40.6. The molecule has 2 amide bonds. The van der Waals surface area contributed by atoms with Crippen LogP contribution in [0.5, 0.6) is 0 Å². The third-order valence-corrected chi connectivity index (χ3v) is 9.51. The Morgan fingerprint density at radius 2 is 1.76 bits per heavy atom. The van der Waals surface area contributed by atoms with Gasteiger partial charge >= 0.3 is 6.09 Å². The zero-order chi connectivity index (χ0) is 32.6. The Morgan fingerprint density at radius 3 is 2.41 bits per heavy atom.